The lowest BCUT2D eigenvalue weighted by molar-refractivity contribution is -0.116. The Hall–Kier alpha value is -3.87. The topological polar surface area (TPSA) is 89.5 Å². The number of hydrogen-bond acceptors (Lipinski definition) is 5. The molecule has 2 amide bonds. The van der Waals surface area contributed by atoms with Gasteiger partial charge in [-0.15, -0.1) is 0 Å². The number of aromatic nitrogens is 1. The maximum Gasteiger partial charge on any atom is 0.256 e. The Balaban J connectivity index is 1.25. The Labute approximate surface area is 174 Å². The fraction of sp³-hybridized carbons (Fsp3) is 0.174. The van der Waals surface area contributed by atoms with Crippen molar-refractivity contribution < 1.29 is 19.1 Å². The van der Waals surface area contributed by atoms with Crippen LogP contribution in [0.1, 0.15) is 23.2 Å². The molecule has 0 spiro atoms. The van der Waals surface area contributed by atoms with Crippen LogP contribution in [0.3, 0.4) is 0 Å². The van der Waals surface area contributed by atoms with Gasteiger partial charge in [-0.1, -0.05) is 18.2 Å². The van der Waals surface area contributed by atoms with Crippen molar-refractivity contribution in [3.8, 4) is 11.5 Å². The largest absolute Gasteiger partial charge is 0.486 e. The van der Waals surface area contributed by atoms with Crippen LogP contribution in [0.5, 0.6) is 11.5 Å². The van der Waals surface area contributed by atoms with E-state index in [2.05, 4.69) is 15.6 Å². The molecule has 3 aromatic rings. The van der Waals surface area contributed by atoms with Gasteiger partial charge in [0.15, 0.2) is 11.5 Å². The highest BCUT2D eigenvalue weighted by molar-refractivity contribution is 6.04. The van der Waals surface area contributed by atoms with E-state index in [1.165, 1.54) is 0 Å². The van der Waals surface area contributed by atoms with Gasteiger partial charge in [-0.25, -0.2) is 4.98 Å². The van der Waals surface area contributed by atoms with Gasteiger partial charge in [0.2, 0.25) is 5.91 Å². The Kier molecular flexibility index (Phi) is 5.89. The van der Waals surface area contributed by atoms with Gasteiger partial charge < -0.3 is 20.1 Å². The van der Waals surface area contributed by atoms with Crippen molar-refractivity contribution >= 4 is 23.3 Å². The van der Waals surface area contributed by atoms with Crippen LogP contribution in [0.4, 0.5) is 11.5 Å². The molecule has 0 bridgehead atoms. The number of nitrogens with zero attached hydrogens (tertiary/aromatic N) is 1. The van der Waals surface area contributed by atoms with E-state index < -0.39 is 0 Å². The third kappa shape index (κ3) is 4.94. The summed E-state index contributed by atoms with van der Waals surface area (Å²) < 4.78 is 11.5. The molecule has 7 nitrogen and oxygen atoms in total. The average molecular weight is 403 g/mol. The van der Waals surface area contributed by atoms with E-state index in [1.807, 2.05) is 24.3 Å². The first-order valence-corrected chi connectivity index (χ1v) is 9.68. The summed E-state index contributed by atoms with van der Waals surface area (Å²) in [7, 11) is 0. The molecule has 0 saturated heterocycles. The molecule has 30 heavy (non-hydrogen) atoms. The summed E-state index contributed by atoms with van der Waals surface area (Å²) in [5.74, 6) is 1.53. The van der Waals surface area contributed by atoms with Crippen molar-refractivity contribution in [3.63, 3.8) is 0 Å². The summed E-state index contributed by atoms with van der Waals surface area (Å²) in [6.07, 6.45) is 2.30. The second-order valence-corrected chi connectivity index (χ2v) is 6.83. The van der Waals surface area contributed by atoms with Crippen LogP contribution in [-0.2, 0) is 4.79 Å². The molecule has 0 aliphatic carbocycles. The fourth-order valence-corrected chi connectivity index (χ4v) is 3.05. The SMILES string of the molecule is O=C(CC[C@H]1COc2ccccc2O1)Nc1ccc(C(=O)Nc2ccccn2)cc1. The van der Waals surface area contributed by atoms with E-state index >= 15 is 0 Å². The Bertz CT molecular complexity index is 1020. The molecule has 7 heteroatoms. The molecule has 2 aromatic carbocycles. The number of carbonyl (C=O) groups is 2. The zero-order valence-corrected chi connectivity index (χ0v) is 16.2. The summed E-state index contributed by atoms with van der Waals surface area (Å²) in [4.78, 5) is 28.6. The van der Waals surface area contributed by atoms with E-state index in [-0.39, 0.29) is 17.9 Å². The van der Waals surface area contributed by atoms with Gasteiger partial charge in [-0.2, -0.15) is 0 Å². The number of para-hydroxylation sites is 2. The molecule has 0 fully saturated rings. The molecule has 152 valence electrons. The van der Waals surface area contributed by atoms with Crippen LogP contribution in [-0.4, -0.2) is 29.5 Å². The van der Waals surface area contributed by atoms with Crippen LogP contribution < -0.4 is 20.1 Å². The number of anilines is 2. The lowest BCUT2D eigenvalue weighted by atomic mass is 10.1. The molecule has 0 radical (unpaired) electrons. The molecule has 1 aliphatic heterocycles. The molecule has 2 N–H and O–H groups in total. The van der Waals surface area contributed by atoms with Gasteiger partial charge in [0, 0.05) is 23.9 Å². The highest BCUT2D eigenvalue weighted by Crippen LogP contribution is 2.31. The minimum absolute atomic E-state index is 0.122. The third-order valence-electron chi connectivity index (χ3n) is 4.60. The monoisotopic (exact) mass is 403 g/mol. The number of benzene rings is 2. The Morgan fingerprint density at radius 2 is 1.70 bits per heavy atom. The first-order valence-electron chi connectivity index (χ1n) is 9.68. The van der Waals surface area contributed by atoms with Gasteiger partial charge >= 0.3 is 0 Å². The van der Waals surface area contributed by atoms with E-state index in [0.29, 0.717) is 42.3 Å². The number of pyridine rings is 1. The molecule has 4 rings (SSSR count). The minimum Gasteiger partial charge on any atom is -0.486 e. The number of carbonyl (C=O) groups excluding carboxylic acids is 2. The molecule has 0 unspecified atom stereocenters. The van der Waals surface area contributed by atoms with Crippen molar-refractivity contribution in [2.24, 2.45) is 0 Å². The smallest absolute Gasteiger partial charge is 0.256 e. The number of amides is 2. The quantitative estimate of drug-likeness (QED) is 0.652. The zero-order chi connectivity index (χ0) is 20.8. The van der Waals surface area contributed by atoms with Crippen molar-refractivity contribution in [3.05, 3.63) is 78.5 Å². The van der Waals surface area contributed by atoms with Crippen molar-refractivity contribution in [2.75, 3.05) is 17.2 Å². The van der Waals surface area contributed by atoms with Crippen LogP contribution >= 0.6 is 0 Å². The van der Waals surface area contributed by atoms with Crippen LogP contribution in [0.25, 0.3) is 0 Å². The van der Waals surface area contributed by atoms with E-state index in [9.17, 15) is 9.59 Å². The van der Waals surface area contributed by atoms with Crippen molar-refractivity contribution in [1.29, 1.82) is 0 Å². The van der Waals surface area contributed by atoms with Gasteiger partial charge in [0.25, 0.3) is 5.91 Å². The number of hydrogen-bond donors (Lipinski definition) is 2. The summed E-state index contributed by atoms with van der Waals surface area (Å²) in [6.45, 7) is 0.421. The van der Waals surface area contributed by atoms with Gasteiger partial charge in [0.1, 0.15) is 18.5 Å². The highest BCUT2D eigenvalue weighted by atomic mass is 16.6. The summed E-state index contributed by atoms with van der Waals surface area (Å²) >= 11 is 0. The Morgan fingerprint density at radius 3 is 2.47 bits per heavy atom. The van der Waals surface area contributed by atoms with Crippen LogP contribution in [0, 0.1) is 0 Å². The first kappa shape index (κ1) is 19.4. The maximum absolute atomic E-state index is 12.3. The first-order chi connectivity index (χ1) is 14.7. The van der Waals surface area contributed by atoms with Crippen molar-refractivity contribution in [1.82, 2.24) is 4.98 Å². The van der Waals surface area contributed by atoms with Crippen molar-refractivity contribution in [2.45, 2.75) is 18.9 Å². The summed E-state index contributed by atoms with van der Waals surface area (Å²) in [5.41, 5.74) is 1.10. The van der Waals surface area contributed by atoms with Gasteiger partial charge in [0.05, 0.1) is 0 Å². The van der Waals surface area contributed by atoms with Gasteiger partial charge in [-0.05, 0) is 55.0 Å². The normalized spacial score (nSPS) is 14.6. The van der Waals surface area contributed by atoms with E-state index in [0.717, 1.165) is 5.75 Å². The molecular weight excluding hydrogens is 382 g/mol. The van der Waals surface area contributed by atoms with Gasteiger partial charge in [-0.3, -0.25) is 9.59 Å². The highest BCUT2D eigenvalue weighted by Gasteiger charge is 2.21. The zero-order valence-electron chi connectivity index (χ0n) is 16.2. The lowest BCUT2D eigenvalue weighted by Crippen LogP contribution is -2.30. The Morgan fingerprint density at radius 1 is 0.933 bits per heavy atom. The van der Waals surface area contributed by atoms with Crippen LogP contribution in [0.2, 0.25) is 0 Å². The maximum atomic E-state index is 12.3. The molecule has 1 atom stereocenters. The van der Waals surface area contributed by atoms with E-state index in [4.69, 9.17) is 9.47 Å². The summed E-state index contributed by atoms with van der Waals surface area (Å²) in [5, 5.41) is 5.56. The number of ether oxygens (including phenoxy) is 2. The molecule has 2 heterocycles. The molecule has 1 aromatic heterocycles. The lowest BCUT2D eigenvalue weighted by Gasteiger charge is -2.26. The predicted molar refractivity (Wildman–Crippen MR) is 113 cm³/mol. The standard InChI is InChI=1S/C23H21N3O4/c27-22(13-12-18-15-29-19-5-1-2-6-20(19)30-18)25-17-10-8-16(9-11-17)23(28)26-21-7-3-4-14-24-21/h1-11,14,18H,12-13,15H2,(H,25,27)(H,24,26,28)/t18-/m0/s1. The number of fused-ring (bicyclic) bond motifs is 1. The number of nitrogens with one attached hydrogen (secondary N) is 2. The fourth-order valence-electron chi connectivity index (χ4n) is 3.05. The second kappa shape index (κ2) is 9.09. The summed E-state index contributed by atoms with van der Waals surface area (Å²) in [6, 6.07) is 19.5. The number of rotatable bonds is 6. The van der Waals surface area contributed by atoms with E-state index in [1.54, 1.807) is 48.7 Å². The predicted octanol–water partition coefficient (Wildman–Crippen LogP) is 3.89. The average Bonchev–Trinajstić information content (AvgIpc) is 2.79. The third-order valence-corrected chi connectivity index (χ3v) is 4.60. The minimum atomic E-state index is -0.263. The molecule has 0 saturated carbocycles. The molecule has 1 aliphatic rings. The second-order valence-electron chi connectivity index (χ2n) is 6.83. The van der Waals surface area contributed by atoms with Crippen LogP contribution in [0.15, 0.2) is 72.9 Å². The molecular formula is C23H21N3O4.